The largest absolute Gasteiger partial charge is 0.493 e. The molecule has 1 N–H and O–H groups in total. The van der Waals surface area contributed by atoms with Crippen molar-refractivity contribution in [2.24, 2.45) is 5.92 Å². The molecule has 0 bridgehead atoms. The molecule has 6 heteroatoms. The van der Waals surface area contributed by atoms with Crippen LogP contribution < -0.4 is 9.47 Å². The monoisotopic (exact) mass is 413 g/mol. The maximum Gasteiger partial charge on any atom is 0.355 e. The Morgan fingerprint density at radius 3 is 2.47 bits per heavy atom. The second-order valence-electron chi connectivity index (χ2n) is 7.90. The van der Waals surface area contributed by atoms with Crippen LogP contribution in [0.1, 0.15) is 76.7 Å². The lowest BCUT2D eigenvalue weighted by atomic mass is 9.81. The fourth-order valence-corrected chi connectivity index (χ4v) is 4.17. The lowest BCUT2D eigenvalue weighted by Gasteiger charge is -2.23. The number of hydrogen-bond donors (Lipinski definition) is 1. The number of H-pyrrole nitrogens is 1. The van der Waals surface area contributed by atoms with Gasteiger partial charge in [0.25, 0.3) is 0 Å². The molecule has 0 radical (unpaired) electrons. The third-order valence-electron chi connectivity index (χ3n) is 6.18. The first-order chi connectivity index (χ1) is 14.4. The van der Waals surface area contributed by atoms with Crippen LogP contribution in [0.25, 0.3) is 0 Å². The summed E-state index contributed by atoms with van der Waals surface area (Å²) in [6.07, 6.45) is 2.98. The zero-order chi connectivity index (χ0) is 21.8. The molecular formula is C24H31NO5. The molecule has 1 aliphatic carbocycles. The van der Waals surface area contributed by atoms with E-state index in [0.717, 1.165) is 24.1 Å². The topological polar surface area (TPSA) is 77.6 Å². The van der Waals surface area contributed by atoms with E-state index in [9.17, 15) is 9.59 Å². The number of hydrogen-bond acceptors (Lipinski definition) is 5. The third-order valence-corrected chi connectivity index (χ3v) is 6.18. The highest BCUT2D eigenvalue weighted by Crippen LogP contribution is 2.38. The lowest BCUT2D eigenvalue weighted by Crippen LogP contribution is -2.18. The molecule has 3 rings (SSSR count). The number of fused-ring (bicyclic) bond motifs is 1. The number of nitrogens with one attached hydrogen (secondary N) is 1. The summed E-state index contributed by atoms with van der Waals surface area (Å²) in [5.74, 6) is 1.32. The van der Waals surface area contributed by atoms with E-state index < -0.39 is 0 Å². The van der Waals surface area contributed by atoms with E-state index in [1.807, 2.05) is 25.1 Å². The number of methoxy groups -OCH3 is 2. The fourth-order valence-electron chi connectivity index (χ4n) is 4.17. The van der Waals surface area contributed by atoms with Crippen molar-refractivity contribution in [2.45, 2.75) is 52.4 Å². The molecule has 0 spiro atoms. The molecule has 1 aromatic heterocycles. The summed E-state index contributed by atoms with van der Waals surface area (Å²) in [6.45, 7) is 6.40. The molecule has 0 saturated heterocycles. The highest BCUT2D eigenvalue weighted by molar-refractivity contribution is 6.03. The van der Waals surface area contributed by atoms with Gasteiger partial charge in [-0.15, -0.1) is 0 Å². The number of aromatic amines is 1. The van der Waals surface area contributed by atoms with Crippen molar-refractivity contribution in [3.63, 3.8) is 0 Å². The molecule has 2 aromatic rings. The van der Waals surface area contributed by atoms with Crippen LogP contribution >= 0.6 is 0 Å². The molecule has 1 atom stereocenters. The summed E-state index contributed by atoms with van der Waals surface area (Å²) in [4.78, 5) is 28.8. The molecule has 0 unspecified atom stereocenters. The first kappa shape index (κ1) is 21.9. The van der Waals surface area contributed by atoms with Gasteiger partial charge >= 0.3 is 5.97 Å². The summed E-state index contributed by atoms with van der Waals surface area (Å²) in [6, 6.07) is 5.74. The van der Waals surface area contributed by atoms with Crippen LogP contribution in [0.3, 0.4) is 0 Å². The Kier molecular flexibility index (Phi) is 6.85. The summed E-state index contributed by atoms with van der Waals surface area (Å²) in [5, 5.41) is 0. The Labute approximate surface area is 177 Å². The van der Waals surface area contributed by atoms with E-state index >= 15 is 0 Å². The molecule has 1 heterocycles. The number of Topliss-reactive ketones (excluding diaryl/α,β-unsaturated/α-hetero) is 1. The first-order valence-electron chi connectivity index (χ1n) is 10.6. The second kappa shape index (κ2) is 9.37. The Balaban J connectivity index is 1.83. The quantitative estimate of drug-likeness (QED) is 0.626. The van der Waals surface area contributed by atoms with Crippen molar-refractivity contribution in [2.75, 3.05) is 20.8 Å². The van der Waals surface area contributed by atoms with Gasteiger partial charge in [0.2, 0.25) is 0 Å². The number of carbonyl (C=O) groups is 2. The minimum Gasteiger partial charge on any atom is -0.493 e. The van der Waals surface area contributed by atoms with Gasteiger partial charge in [0.15, 0.2) is 17.3 Å². The maximum absolute atomic E-state index is 12.9. The van der Waals surface area contributed by atoms with Gasteiger partial charge in [0.1, 0.15) is 5.69 Å². The van der Waals surface area contributed by atoms with Crippen LogP contribution in [0.4, 0.5) is 0 Å². The molecule has 6 nitrogen and oxygen atoms in total. The van der Waals surface area contributed by atoms with Crippen molar-refractivity contribution in [1.29, 1.82) is 0 Å². The summed E-state index contributed by atoms with van der Waals surface area (Å²) in [7, 11) is 3.19. The normalized spacial score (nSPS) is 15.8. The van der Waals surface area contributed by atoms with Gasteiger partial charge in [-0.3, -0.25) is 4.79 Å². The molecule has 0 aliphatic heterocycles. The average molecular weight is 414 g/mol. The number of benzene rings is 1. The minimum absolute atomic E-state index is 0.0105. The van der Waals surface area contributed by atoms with E-state index in [-0.39, 0.29) is 17.7 Å². The van der Waals surface area contributed by atoms with Gasteiger partial charge < -0.3 is 19.2 Å². The molecule has 0 fully saturated rings. The zero-order valence-corrected chi connectivity index (χ0v) is 18.5. The van der Waals surface area contributed by atoms with Gasteiger partial charge in [-0.25, -0.2) is 4.79 Å². The van der Waals surface area contributed by atoms with Crippen LogP contribution in [0.15, 0.2) is 18.2 Å². The van der Waals surface area contributed by atoms with E-state index in [0.29, 0.717) is 53.7 Å². The summed E-state index contributed by atoms with van der Waals surface area (Å²) < 4.78 is 16.2. The number of carbonyl (C=O) groups excluding carboxylic acids is 2. The van der Waals surface area contributed by atoms with Crippen LogP contribution in [0.5, 0.6) is 11.5 Å². The van der Waals surface area contributed by atoms with Gasteiger partial charge in [-0.1, -0.05) is 32.8 Å². The maximum atomic E-state index is 12.9. The molecule has 162 valence electrons. The molecule has 1 aromatic carbocycles. The molecule has 30 heavy (non-hydrogen) atoms. The number of aromatic nitrogens is 1. The molecule has 1 aliphatic rings. The second-order valence-corrected chi connectivity index (χ2v) is 7.90. The first-order valence-corrected chi connectivity index (χ1v) is 10.6. The standard InChI is InChI=1S/C24H31NO5/c1-6-15(7-2)13-30-24(27)23-14(3)22-18(25-23)10-17(11-19(22)26)16-8-9-20(28-4)21(12-16)29-5/h8-9,12,15,17,25H,6-7,10-11,13H2,1-5H3/t17-/m0/s1. The Hall–Kier alpha value is -2.76. The van der Waals surface area contributed by atoms with Crippen molar-refractivity contribution < 1.29 is 23.8 Å². The van der Waals surface area contributed by atoms with Gasteiger partial charge in [0, 0.05) is 17.7 Å². The van der Waals surface area contributed by atoms with E-state index in [1.54, 1.807) is 14.2 Å². The average Bonchev–Trinajstić information content (AvgIpc) is 3.10. The fraction of sp³-hybridized carbons (Fsp3) is 0.500. The molecular weight excluding hydrogens is 382 g/mol. The Bertz CT molecular complexity index is 926. The van der Waals surface area contributed by atoms with Gasteiger partial charge in [0.05, 0.1) is 20.8 Å². The van der Waals surface area contributed by atoms with E-state index in [4.69, 9.17) is 14.2 Å². The number of esters is 1. The minimum atomic E-state index is -0.385. The smallest absolute Gasteiger partial charge is 0.355 e. The van der Waals surface area contributed by atoms with Crippen molar-refractivity contribution in [1.82, 2.24) is 4.98 Å². The summed E-state index contributed by atoms with van der Waals surface area (Å²) >= 11 is 0. The predicted octanol–water partition coefficient (Wildman–Crippen LogP) is 4.85. The highest BCUT2D eigenvalue weighted by atomic mass is 16.5. The van der Waals surface area contributed by atoms with Crippen molar-refractivity contribution >= 4 is 11.8 Å². The van der Waals surface area contributed by atoms with Crippen LogP contribution in [-0.2, 0) is 11.2 Å². The predicted molar refractivity (Wildman–Crippen MR) is 115 cm³/mol. The number of ether oxygens (including phenoxy) is 3. The molecule has 0 saturated carbocycles. The highest BCUT2D eigenvalue weighted by Gasteiger charge is 2.32. The number of rotatable bonds is 8. The van der Waals surface area contributed by atoms with Crippen molar-refractivity contribution in [3.05, 3.63) is 46.3 Å². The zero-order valence-electron chi connectivity index (χ0n) is 18.5. The van der Waals surface area contributed by atoms with Crippen LogP contribution in [0, 0.1) is 12.8 Å². The molecule has 0 amide bonds. The van der Waals surface area contributed by atoms with Crippen molar-refractivity contribution in [3.8, 4) is 11.5 Å². The Morgan fingerprint density at radius 2 is 1.83 bits per heavy atom. The van der Waals surface area contributed by atoms with Crippen LogP contribution in [0.2, 0.25) is 0 Å². The third kappa shape index (κ3) is 4.23. The van der Waals surface area contributed by atoms with E-state index in [1.165, 1.54) is 0 Å². The van der Waals surface area contributed by atoms with Gasteiger partial charge in [-0.2, -0.15) is 0 Å². The SMILES string of the molecule is CCC(CC)COC(=O)c1[nH]c2c(c1C)C(=O)C[C@@H](c1ccc(OC)c(OC)c1)C2. The Morgan fingerprint density at radius 1 is 1.13 bits per heavy atom. The van der Waals surface area contributed by atoms with Gasteiger partial charge in [-0.05, 0) is 48.4 Å². The van der Waals surface area contributed by atoms with E-state index in [2.05, 4.69) is 18.8 Å². The van der Waals surface area contributed by atoms with Crippen LogP contribution in [-0.4, -0.2) is 37.6 Å². The lowest BCUT2D eigenvalue weighted by molar-refractivity contribution is 0.0426. The summed E-state index contributed by atoms with van der Waals surface area (Å²) in [5.41, 5.74) is 3.54. The number of ketones is 1.